The highest BCUT2D eigenvalue weighted by molar-refractivity contribution is 6.30. The minimum absolute atomic E-state index is 0.252. The molecule has 0 aliphatic rings. The van der Waals surface area contributed by atoms with Crippen molar-refractivity contribution in [3.63, 3.8) is 0 Å². The van der Waals surface area contributed by atoms with Gasteiger partial charge in [0.25, 0.3) is 0 Å². The topological polar surface area (TPSA) is 91.1 Å². The van der Waals surface area contributed by atoms with Crippen LogP contribution in [0.1, 0.15) is 11.5 Å². The first-order valence-electron chi connectivity index (χ1n) is 9.41. The number of rotatable bonds is 6. The molecule has 0 radical (unpaired) electrons. The van der Waals surface area contributed by atoms with Crippen LogP contribution in [0.15, 0.2) is 58.2 Å². The number of hydrogen-bond donors (Lipinski definition) is 3. The Kier molecular flexibility index (Phi) is 5.94. The van der Waals surface area contributed by atoms with Gasteiger partial charge in [0.15, 0.2) is 5.96 Å². The van der Waals surface area contributed by atoms with E-state index in [2.05, 4.69) is 30.8 Å². The second-order valence-electron chi connectivity index (χ2n) is 6.63. The van der Waals surface area contributed by atoms with E-state index in [1.165, 1.54) is 12.1 Å². The average Bonchev–Trinajstić information content (AvgIpc) is 3.37. The summed E-state index contributed by atoms with van der Waals surface area (Å²) in [6, 6.07) is 12.0. The Balaban J connectivity index is 1.30. The Hall–Kier alpha value is -3.39. The maximum absolute atomic E-state index is 13.3. The molecule has 0 saturated carbocycles. The fraction of sp³-hybridized carbons (Fsp3) is 0.190. The number of aromatic amines is 1. The smallest absolute Gasteiger partial charge is 0.246 e. The molecule has 4 aromatic rings. The number of benzene rings is 2. The third-order valence-electron chi connectivity index (χ3n) is 4.60. The van der Waals surface area contributed by atoms with Crippen LogP contribution in [-0.4, -0.2) is 34.7 Å². The summed E-state index contributed by atoms with van der Waals surface area (Å²) in [5, 5.41) is 12.0. The fourth-order valence-corrected chi connectivity index (χ4v) is 3.32. The van der Waals surface area contributed by atoms with Gasteiger partial charge < -0.3 is 20.1 Å². The van der Waals surface area contributed by atoms with E-state index in [0.717, 1.165) is 28.5 Å². The number of aromatic nitrogens is 3. The van der Waals surface area contributed by atoms with Gasteiger partial charge in [0.1, 0.15) is 5.82 Å². The van der Waals surface area contributed by atoms with Crippen molar-refractivity contribution >= 4 is 28.5 Å². The van der Waals surface area contributed by atoms with Gasteiger partial charge in [-0.3, -0.25) is 4.99 Å². The van der Waals surface area contributed by atoms with Gasteiger partial charge in [-0.05, 0) is 42.3 Å². The monoisotopic (exact) mass is 426 g/mol. The average molecular weight is 427 g/mol. The Morgan fingerprint density at radius 2 is 2.13 bits per heavy atom. The highest BCUT2D eigenvalue weighted by Gasteiger charge is 2.10. The van der Waals surface area contributed by atoms with E-state index in [1.54, 1.807) is 25.2 Å². The molecule has 4 rings (SSSR count). The first kappa shape index (κ1) is 19.9. The van der Waals surface area contributed by atoms with E-state index in [1.807, 2.05) is 18.3 Å². The van der Waals surface area contributed by atoms with Crippen molar-refractivity contribution in [2.24, 2.45) is 4.99 Å². The zero-order chi connectivity index (χ0) is 20.9. The molecule has 0 spiro atoms. The number of hydrogen-bond acceptors (Lipinski definition) is 4. The summed E-state index contributed by atoms with van der Waals surface area (Å²) in [5.74, 6) is 1.28. The number of aliphatic imine (C=N–C) groups is 1. The van der Waals surface area contributed by atoms with Gasteiger partial charge in [-0.25, -0.2) is 4.39 Å². The number of fused-ring (bicyclic) bond motifs is 1. The molecule has 0 atom stereocenters. The lowest BCUT2D eigenvalue weighted by molar-refractivity contribution is 0.375. The number of halogens is 2. The molecule has 2 heterocycles. The maximum atomic E-state index is 13.3. The zero-order valence-electron chi connectivity index (χ0n) is 16.2. The molecular formula is C21H20ClFN6O. The molecule has 0 amide bonds. The Labute approximate surface area is 177 Å². The second kappa shape index (κ2) is 8.96. The van der Waals surface area contributed by atoms with Crippen LogP contribution in [0.4, 0.5) is 4.39 Å². The van der Waals surface area contributed by atoms with Crippen molar-refractivity contribution in [2.45, 2.75) is 13.0 Å². The standard InChI is InChI=1S/C21H20ClFN6O/c1-24-21(25-8-7-14-11-26-18-10-16(23)5-6-17(14)18)27-12-19-28-20(29-30-19)13-3-2-4-15(22)9-13/h2-6,9-11,26H,7-8,12H2,1H3,(H2,24,25,27). The first-order chi connectivity index (χ1) is 14.6. The maximum Gasteiger partial charge on any atom is 0.246 e. The van der Waals surface area contributed by atoms with E-state index in [4.69, 9.17) is 16.1 Å². The minimum Gasteiger partial charge on any atom is -0.361 e. The van der Waals surface area contributed by atoms with Crippen molar-refractivity contribution in [3.8, 4) is 11.4 Å². The molecule has 0 aliphatic heterocycles. The highest BCUT2D eigenvalue weighted by atomic mass is 35.5. The quantitative estimate of drug-likeness (QED) is 0.321. The number of nitrogens with one attached hydrogen (secondary N) is 3. The van der Waals surface area contributed by atoms with Crippen LogP contribution in [-0.2, 0) is 13.0 Å². The summed E-state index contributed by atoms with van der Waals surface area (Å²) < 4.78 is 18.6. The summed E-state index contributed by atoms with van der Waals surface area (Å²) >= 11 is 6.01. The molecule has 0 saturated heterocycles. The van der Waals surface area contributed by atoms with Crippen molar-refractivity contribution in [1.82, 2.24) is 25.8 Å². The van der Waals surface area contributed by atoms with Gasteiger partial charge in [-0.2, -0.15) is 4.98 Å². The lowest BCUT2D eigenvalue weighted by Gasteiger charge is -2.10. The molecule has 30 heavy (non-hydrogen) atoms. The predicted molar refractivity (Wildman–Crippen MR) is 115 cm³/mol. The molecule has 9 heteroatoms. The Morgan fingerprint density at radius 3 is 2.97 bits per heavy atom. The van der Waals surface area contributed by atoms with E-state index < -0.39 is 0 Å². The molecule has 2 aromatic heterocycles. The van der Waals surface area contributed by atoms with Crippen molar-refractivity contribution in [3.05, 3.63) is 71.0 Å². The van der Waals surface area contributed by atoms with Crippen LogP contribution >= 0.6 is 11.6 Å². The van der Waals surface area contributed by atoms with Gasteiger partial charge in [0.2, 0.25) is 11.7 Å². The third-order valence-corrected chi connectivity index (χ3v) is 4.83. The molecule has 2 aromatic carbocycles. The molecule has 154 valence electrons. The van der Waals surface area contributed by atoms with Crippen molar-refractivity contribution < 1.29 is 8.91 Å². The first-order valence-corrected chi connectivity index (χ1v) is 9.79. The SMILES string of the molecule is CN=C(NCCc1c[nH]c2cc(F)ccc12)NCc1nc(-c2cccc(Cl)c2)no1. The van der Waals surface area contributed by atoms with E-state index in [-0.39, 0.29) is 5.82 Å². The summed E-state index contributed by atoms with van der Waals surface area (Å²) in [5.41, 5.74) is 2.69. The highest BCUT2D eigenvalue weighted by Crippen LogP contribution is 2.20. The van der Waals surface area contributed by atoms with Crippen LogP contribution in [0, 0.1) is 5.82 Å². The Bertz CT molecular complexity index is 1190. The summed E-state index contributed by atoms with van der Waals surface area (Å²) in [6.07, 6.45) is 2.66. The van der Waals surface area contributed by atoms with Crippen LogP contribution in [0.3, 0.4) is 0 Å². The molecule has 7 nitrogen and oxygen atoms in total. The van der Waals surface area contributed by atoms with E-state index in [9.17, 15) is 4.39 Å². The Morgan fingerprint density at radius 1 is 1.23 bits per heavy atom. The fourth-order valence-electron chi connectivity index (χ4n) is 3.13. The molecule has 0 bridgehead atoms. The van der Waals surface area contributed by atoms with Gasteiger partial charge >= 0.3 is 0 Å². The normalized spacial score (nSPS) is 11.8. The lowest BCUT2D eigenvalue weighted by atomic mass is 10.1. The van der Waals surface area contributed by atoms with Crippen LogP contribution in [0.2, 0.25) is 5.02 Å². The number of nitrogens with zero attached hydrogens (tertiary/aromatic N) is 3. The van der Waals surface area contributed by atoms with Crippen LogP contribution in [0.5, 0.6) is 0 Å². The molecule has 0 aliphatic carbocycles. The van der Waals surface area contributed by atoms with E-state index >= 15 is 0 Å². The molecule has 3 N–H and O–H groups in total. The van der Waals surface area contributed by atoms with Gasteiger partial charge in [0.05, 0.1) is 6.54 Å². The summed E-state index contributed by atoms with van der Waals surface area (Å²) in [6.45, 7) is 0.987. The predicted octanol–water partition coefficient (Wildman–Crippen LogP) is 3.92. The van der Waals surface area contributed by atoms with Crippen LogP contribution < -0.4 is 10.6 Å². The van der Waals surface area contributed by atoms with E-state index in [0.29, 0.717) is 35.8 Å². The van der Waals surface area contributed by atoms with Crippen LogP contribution in [0.25, 0.3) is 22.3 Å². The minimum atomic E-state index is -0.252. The molecular weight excluding hydrogens is 407 g/mol. The van der Waals surface area contributed by atoms with Crippen molar-refractivity contribution in [2.75, 3.05) is 13.6 Å². The van der Waals surface area contributed by atoms with Gasteiger partial charge in [-0.15, -0.1) is 0 Å². The number of H-pyrrole nitrogens is 1. The second-order valence-corrected chi connectivity index (χ2v) is 7.06. The molecule has 0 fully saturated rings. The summed E-state index contributed by atoms with van der Waals surface area (Å²) in [7, 11) is 1.69. The van der Waals surface area contributed by atoms with Crippen molar-refractivity contribution in [1.29, 1.82) is 0 Å². The van der Waals surface area contributed by atoms with Gasteiger partial charge in [0, 0.05) is 41.3 Å². The number of guanidine groups is 1. The van der Waals surface area contributed by atoms with Gasteiger partial charge in [-0.1, -0.05) is 28.9 Å². The third kappa shape index (κ3) is 4.60. The molecule has 0 unspecified atom stereocenters. The summed E-state index contributed by atoms with van der Waals surface area (Å²) in [4.78, 5) is 11.7. The zero-order valence-corrected chi connectivity index (χ0v) is 17.0. The largest absolute Gasteiger partial charge is 0.361 e. The lowest BCUT2D eigenvalue weighted by Crippen LogP contribution is -2.37.